The fraction of sp³-hybridized carbons (Fsp3) is 0.214. The highest BCUT2D eigenvalue weighted by molar-refractivity contribution is 6.05. The largest absolute Gasteiger partial charge is 0.397 e. The summed E-state index contributed by atoms with van der Waals surface area (Å²) in [5.74, 6) is -0.125. The number of nitrogen functional groups attached to an aromatic ring is 2. The van der Waals surface area contributed by atoms with Gasteiger partial charge in [-0.2, -0.15) is 0 Å². The van der Waals surface area contributed by atoms with E-state index in [1.165, 1.54) is 11.1 Å². The summed E-state index contributed by atoms with van der Waals surface area (Å²) in [4.78, 5) is 27.4. The molecule has 1 aliphatic heterocycles. The zero-order valence-electron chi connectivity index (χ0n) is 19.0. The van der Waals surface area contributed by atoms with Gasteiger partial charge in [-0.3, -0.25) is 9.59 Å². The Morgan fingerprint density at radius 1 is 0.912 bits per heavy atom. The molecular formula is C28H28N4O2. The first-order valence-corrected chi connectivity index (χ1v) is 11.6. The Morgan fingerprint density at radius 3 is 2.38 bits per heavy atom. The van der Waals surface area contributed by atoms with E-state index in [0.29, 0.717) is 29.0 Å². The highest BCUT2D eigenvalue weighted by Gasteiger charge is 2.38. The van der Waals surface area contributed by atoms with Gasteiger partial charge in [0, 0.05) is 29.8 Å². The summed E-state index contributed by atoms with van der Waals surface area (Å²) >= 11 is 0. The predicted molar refractivity (Wildman–Crippen MR) is 136 cm³/mol. The number of nitrogens with one attached hydrogen (secondary N) is 1. The molecule has 0 aromatic heterocycles. The molecule has 2 aliphatic rings. The molecule has 0 unspecified atom stereocenters. The van der Waals surface area contributed by atoms with Gasteiger partial charge in [-0.05, 0) is 59.9 Å². The summed E-state index contributed by atoms with van der Waals surface area (Å²) in [6.45, 7) is 1.52. The van der Waals surface area contributed by atoms with Crippen molar-refractivity contribution >= 4 is 35.0 Å². The Bertz CT molecular complexity index is 1270. The van der Waals surface area contributed by atoms with E-state index in [9.17, 15) is 9.59 Å². The molecule has 1 aliphatic carbocycles. The maximum Gasteiger partial charge on any atom is 0.255 e. The van der Waals surface area contributed by atoms with Crippen molar-refractivity contribution < 1.29 is 9.59 Å². The number of carbonyl (C=O) groups is 2. The quantitative estimate of drug-likeness (QED) is 0.516. The summed E-state index contributed by atoms with van der Waals surface area (Å²) in [6.07, 6.45) is 6.79. The number of piperidine rings is 1. The van der Waals surface area contributed by atoms with Crippen molar-refractivity contribution in [1.29, 1.82) is 0 Å². The van der Waals surface area contributed by atoms with Crippen LogP contribution in [-0.2, 0) is 16.6 Å². The summed E-state index contributed by atoms with van der Waals surface area (Å²) in [5, 5.41) is 2.85. The van der Waals surface area contributed by atoms with Gasteiger partial charge in [0.05, 0.1) is 17.8 Å². The number of allylic oxidation sites excluding steroid dienone is 1. The second-order valence-electron chi connectivity index (χ2n) is 9.13. The number of nitrogens with zero attached hydrogens (tertiary/aromatic N) is 1. The standard InChI is InChI=1S/C28H28N4O2/c29-24-10-7-21(18-25(24)30)27(34)31-22-8-5-19(6-9-22)17-26(33)32-15-13-28(14-16-32)12-11-20-3-1-2-4-23(20)28/h1-12,18H,13-17,29-30H2,(H,31,34). The third-order valence-corrected chi connectivity index (χ3v) is 7.00. The van der Waals surface area contributed by atoms with E-state index < -0.39 is 0 Å². The van der Waals surface area contributed by atoms with Crippen molar-refractivity contribution in [1.82, 2.24) is 4.90 Å². The molecule has 6 nitrogen and oxygen atoms in total. The molecule has 1 heterocycles. The van der Waals surface area contributed by atoms with Gasteiger partial charge in [-0.15, -0.1) is 0 Å². The fourth-order valence-electron chi connectivity index (χ4n) is 4.94. The third-order valence-electron chi connectivity index (χ3n) is 7.00. The van der Waals surface area contributed by atoms with Crippen LogP contribution in [0, 0.1) is 0 Å². The Labute approximate surface area is 199 Å². The normalized spacial score (nSPS) is 15.8. The molecule has 5 N–H and O–H groups in total. The second-order valence-corrected chi connectivity index (χ2v) is 9.13. The van der Waals surface area contributed by atoms with Gasteiger partial charge in [0.1, 0.15) is 0 Å². The lowest BCUT2D eigenvalue weighted by molar-refractivity contribution is -0.131. The van der Waals surface area contributed by atoms with Crippen LogP contribution in [0.25, 0.3) is 6.08 Å². The summed E-state index contributed by atoms with van der Waals surface area (Å²) < 4.78 is 0. The van der Waals surface area contributed by atoms with E-state index in [0.717, 1.165) is 31.5 Å². The SMILES string of the molecule is Nc1ccc(C(=O)Nc2ccc(CC(=O)N3CCC4(C=Cc5ccccc54)CC3)cc2)cc1N. The molecule has 5 rings (SSSR count). The van der Waals surface area contributed by atoms with Crippen LogP contribution in [0.5, 0.6) is 0 Å². The fourth-order valence-corrected chi connectivity index (χ4v) is 4.94. The van der Waals surface area contributed by atoms with Crippen LogP contribution in [0.2, 0.25) is 0 Å². The molecule has 0 saturated carbocycles. The van der Waals surface area contributed by atoms with Crippen LogP contribution >= 0.6 is 0 Å². The number of carbonyl (C=O) groups excluding carboxylic acids is 2. The van der Waals surface area contributed by atoms with Crippen molar-refractivity contribution in [2.75, 3.05) is 29.9 Å². The highest BCUT2D eigenvalue weighted by Crippen LogP contribution is 2.43. The maximum atomic E-state index is 12.9. The molecule has 1 fully saturated rings. The summed E-state index contributed by atoms with van der Waals surface area (Å²) in [7, 11) is 0. The lowest BCUT2D eigenvalue weighted by atomic mass is 9.74. The molecule has 1 saturated heterocycles. The third kappa shape index (κ3) is 4.15. The van der Waals surface area contributed by atoms with Crippen LogP contribution in [-0.4, -0.2) is 29.8 Å². The first kappa shape index (κ1) is 21.8. The Hall–Kier alpha value is -4.06. The minimum Gasteiger partial charge on any atom is -0.397 e. The Morgan fingerprint density at radius 2 is 1.65 bits per heavy atom. The van der Waals surface area contributed by atoms with Crippen molar-refractivity contribution in [3.05, 3.63) is 95.1 Å². The number of nitrogens with two attached hydrogens (primary N) is 2. The van der Waals surface area contributed by atoms with Crippen LogP contribution in [0.15, 0.2) is 72.8 Å². The average molecular weight is 453 g/mol. The van der Waals surface area contributed by atoms with E-state index in [1.54, 1.807) is 18.2 Å². The van der Waals surface area contributed by atoms with E-state index in [4.69, 9.17) is 11.5 Å². The van der Waals surface area contributed by atoms with Crippen LogP contribution in [0.1, 0.15) is 39.9 Å². The van der Waals surface area contributed by atoms with Gasteiger partial charge < -0.3 is 21.7 Å². The van der Waals surface area contributed by atoms with Crippen molar-refractivity contribution in [3.8, 4) is 0 Å². The predicted octanol–water partition coefficient (Wildman–Crippen LogP) is 4.23. The van der Waals surface area contributed by atoms with E-state index >= 15 is 0 Å². The lowest BCUT2D eigenvalue weighted by Gasteiger charge is -2.39. The zero-order chi connectivity index (χ0) is 23.7. The van der Waals surface area contributed by atoms with Crippen LogP contribution in [0.4, 0.5) is 17.1 Å². The Kier molecular flexibility index (Phi) is 5.57. The van der Waals surface area contributed by atoms with E-state index in [-0.39, 0.29) is 17.2 Å². The molecule has 3 aromatic carbocycles. The smallest absolute Gasteiger partial charge is 0.255 e. The number of hydrogen-bond acceptors (Lipinski definition) is 4. The summed E-state index contributed by atoms with van der Waals surface area (Å²) in [5.41, 5.74) is 17.1. The molecule has 0 atom stereocenters. The number of fused-ring (bicyclic) bond motifs is 2. The van der Waals surface area contributed by atoms with Crippen LogP contribution < -0.4 is 16.8 Å². The average Bonchev–Trinajstić information content (AvgIpc) is 3.20. The monoisotopic (exact) mass is 452 g/mol. The molecule has 34 heavy (non-hydrogen) atoms. The molecular weight excluding hydrogens is 424 g/mol. The van der Waals surface area contributed by atoms with Gasteiger partial charge in [-0.1, -0.05) is 48.6 Å². The van der Waals surface area contributed by atoms with Crippen molar-refractivity contribution in [2.24, 2.45) is 0 Å². The number of benzene rings is 3. The molecule has 3 aromatic rings. The Balaban J connectivity index is 1.16. The molecule has 6 heteroatoms. The maximum absolute atomic E-state index is 12.9. The lowest BCUT2D eigenvalue weighted by Crippen LogP contribution is -2.44. The van der Waals surface area contributed by atoms with Crippen molar-refractivity contribution in [2.45, 2.75) is 24.7 Å². The van der Waals surface area contributed by atoms with E-state index in [2.05, 4.69) is 41.7 Å². The molecule has 1 spiro atoms. The summed E-state index contributed by atoms with van der Waals surface area (Å²) in [6, 6.07) is 20.7. The van der Waals surface area contributed by atoms with Crippen LogP contribution in [0.3, 0.4) is 0 Å². The topological polar surface area (TPSA) is 101 Å². The van der Waals surface area contributed by atoms with Gasteiger partial charge >= 0.3 is 0 Å². The molecule has 0 radical (unpaired) electrons. The number of anilines is 3. The highest BCUT2D eigenvalue weighted by atomic mass is 16.2. The number of rotatable bonds is 4. The minimum absolute atomic E-state index is 0.0718. The van der Waals surface area contributed by atoms with Crippen molar-refractivity contribution in [3.63, 3.8) is 0 Å². The van der Waals surface area contributed by atoms with Gasteiger partial charge in [0.25, 0.3) is 5.91 Å². The second kappa shape index (κ2) is 8.71. The number of likely N-dealkylation sites (tertiary alicyclic amines) is 1. The number of amides is 2. The zero-order valence-corrected chi connectivity index (χ0v) is 19.0. The van der Waals surface area contributed by atoms with Gasteiger partial charge in [0.2, 0.25) is 5.91 Å². The first-order chi connectivity index (χ1) is 16.4. The van der Waals surface area contributed by atoms with E-state index in [1.807, 2.05) is 29.2 Å². The molecule has 172 valence electrons. The van der Waals surface area contributed by atoms with Gasteiger partial charge in [0.15, 0.2) is 0 Å². The first-order valence-electron chi connectivity index (χ1n) is 11.6. The molecule has 0 bridgehead atoms. The molecule has 2 amide bonds. The number of hydrogen-bond donors (Lipinski definition) is 3. The van der Waals surface area contributed by atoms with Gasteiger partial charge in [-0.25, -0.2) is 0 Å². The minimum atomic E-state index is -0.264.